The molecule has 1 aliphatic heterocycles. The number of methoxy groups -OCH3 is 1. The summed E-state index contributed by atoms with van der Waals surface area (Å²) in [5, 5.41) is 0. The van der Waals surface area contributed by atoms with E-state index in [1.165, 1.54) is 0 Å². The number of ether oxygens (including phenoxy) is 1. The van der Waals surface area contributed by atoms with Crippen molar-refractivity contribution in [1.82, 2.24) is 10.4 Å². The van der Waals surface area contributed by atoms with Gasteiger partial charge in [0, 0.05) is 11.9 Å². The van der Waals surface area contributed by atoms with Crippen LogP contribution in [0, 0.1) is 0 Å². The van der Waals surface area contributed by atoms with Crippen molar-refractivity contribution in [2.75, 3.05) is 12.0 Å². The number of anilines is 1. The molecule has 0 radical (unpaired) electrons. The van der Waals surface area contributed by atoms with E-state index in [2.05, 4.69) is 22.5 Å². The van der Waals surface area contributed by atoms with Crippen LogP contribution in [-0.2, 0) is 0 Å². The van der Waals surface area contributed by atoms with Gasteiger partial charge in [-0.3, -0.25) is 15.3 Å². The Labute approximate surface area is 147 Å². The minimum Gasteiger partial charge on any atom is -0.497 e. The molecule has 0 bridgehead atoms. The molecule has 5 nitrogen and oxygen atoms in total. The van der Waals surface area contributed by atoms with Gasteiger partial charge in [0.2, 0.25) is 0 Å². The van der Waals surface area contributed by atoms with Crippen LogP contribution in [0.4, 0.5) is 5.69 Å². The number of hydrogen-bond donors (Lipinski definition) is 1. The largest absolute Gasteiger partial charge is 0.497 e. The minimum atomic E-state index is -0.176. The second kappa shape index (κ2) is 6.69. The predicted molar refractivity (Wildman–Crippen MR) is 101 cm³/mol. The molecule has 0 spiro atoms. The van der Waals surface area contributed by atoms with Gasteiger partial charge in [0.15, 0.2) is 5.84 Å². The lowest BCUT2D eigenvalue weighted by molar-refractivity contribution is 0.415. The highest BCUT2D eigenvalue weighted by Crippen LogP contribution is 2.18. The Balaban J connectivity index is 1.73. The maximum Gasteiger partial charge on any atom is 0.451 e. The van der Waals surface area contributed by atoms with E-state index in [0.29, 0.717) is 0 Å². The van der Waals surface area contributed by atoms with Gasteiger partial charge in [0.05, 0.1) is 7.11 Å². The van der Waals surface area contributed by atoms with Gasteiger partial charge in [-0.05, 0) is 41.9 Å². The van der Waals surface area contributed by atoms with E-state index in [1.807, 2.05) is 65.6 Å². The summed E-state index contributed by atoms with van der Waals surface area (Å²) in [6.07, 6.45) is 1.77. The normalized spacial score (nSPS) is 13.4. The fourth-order valence-corrected chi connectivity index (χ4v) is 2.80. The number of pyridine rings is 1. The molecule has 0 atom stereocenters. The Morgan fingerprint density at radius 3 is 2.36 bits per heavy atom. The molecule has 1 aromatic heterocycles. The number of amidine groups is 1. The van der Waals surface area contributed by atoms with Crippen molar-refractivity contribution >= 4 is 24.0 Å². The Bertz CT molecular complexity index is 869. The average molecular weight is 328 g/mol. The highest BCUT2D eigenvalue weighted by Gasteiger charge is 2.34. The van der Waals surface area contributed by atoms with Gasteiger partial charge < -0.3 is 9.66 Å². The van der Waals surface area contributed by atoms with E-state index < -0.39 is 0 Å². The molecule has 2 heterocycles. The number of nitrogens with zero attached hydrogens (tertiary/aromatic N) is 3. The van der Waals surface area contributed by atoms with Gasteiger partial charge in [-0.1, -0.05) is 36.4 Å². The summed E-state index contributed by atoms with van der Waals surface area (Å²) in [7, 11) is 1.67. The van der Waals surface area contributed by atoms with Crippen LogP contribution in [-0.4, -0.2) is 24.9 Å². The summed E-state index contributed by atoms with van der Waals surface area (Å²) in [4.78, 5) is 11.3. The fourth-order valence-electron chi connectivity index (χ4n) is 2.80. The first-order valence-corrected chi connectivity index (χ1v) is 8.09. The Hall–Kier alpha value is -3.28. The summed E-state index contributed by atoms with van der Waals surface area (Å²) < 4.78 is 5.26. The SMILES string of the molecule is COc1ccc(B2N=C(c3ccccn3)NN2c2ccccc2)cc1. The molecule has 0 unspecified atom stereocenters. The van der Waals surface area contributed by atoms with Crippen molar-refractivity contribution in [3.8, 4) is 5.75 Å². The van der Waals surface area contributed by atoms with Crippen molar-refractivity contribution in [2.45, 2.75) is 0 Å². The molecule has 3 aromatic rings. The second-order valence-electron chi connectivity index (χ2n) is 5.66. The predicted octanol–water partition coefficient (Wildman–Crippen LogP) is 2.26. The van der Waals surface area contributed by atoms with Crippen LogP contribution >= 0.6 is 0 Å². The van der Waals surface area contributed by atoms with Crippen LogP contribution in [0.25, 0.3) is 0 Å². The zero-order chi connectivity index (χ0) is 17.1. The maximum atomic E-state index is 5.26. The topological polar surface area (TPSA) is 49.8 Å². The zero-order valence-electron chi connectivity index (χ0n) is 13.8. The number of hydrogen-bond acceptors (Lipinski definition) is 5. The summed E-state index contributed by atoms with van der Waals surface area (Å²) in [5.74, 6) is 1.58. The molecule has 1 aliphatic rings. The Kier molecular flexibility index (Phi) is 4.08. The lowest BCUT2D eigenvalue weighted by Crippen LogP contribution is -2.50. The number of aromatic nitrogens is 1. The lowest BCUT2D eigenvalue weighted by Gasteiger charge is -2.23. The van der Waals surface area contributed by atoms with Crippen LogP contribution in [0.1, 0.15) is 5.69 Å². The summed E-state index contributed by atoms with van der Waals surface area (Å²) in [6, 6.07) is 23.9. The summed E-state index contributed by atoms with van der Waals surface area (Å²) in [5.41, 5.74) is 6.32. The molecule has 0 saturated heterocycles. The van der Waals surface area contributed by atoms with Crippen molar-refractivity contribution in [3.63, 3.8) is 0 Å². The molecule has 0 aliphatic carbocycles. The molecule has 122 valence electrons. The van der Waals surface area contributed by atoms with Crippen molar-refractivity contribution in [2.24, 2.45) is 4.90 Å². The third-order valence-electron chi connectivity index (χ3n) is 4.08. The van der Waals surface area contributed by atoms with Gasteiger partial charge in [-0.25, -0.2) is 0 Å². The van der Waals surface area contributed by atoms with Crippen LogP contribution < -0.4 is 20.5 Å². The number of rotatable bonds is 4. The standard InChI is InChI=1S/C19H17BN4O/c1-25-17-12-10-15(11-13-17)20-22-19(18-9-5-6-14-21-18)23-24(20)16-7-3-2-4-8-16/h2-14H,1H3,(H,22,23). The van der Waals surface area contributed by atoms with Gasteiger partial charge >= 0.3 is 6.98 Å². The zero-order valence-corrected chi connectivity index (χ0v) is 13.8. The molecule has 0 amide bonds. The third-order valence-corrected chi connectivity index (χ3v) is 4.08. The average Bonchev–Trinajstić information content (AvgIpc) is 3.15. The van der Waals surface area contributed by atoms with Gasteiger partial charge in [-0.15, -0.1) is 0 Å². The number of nitrogens with one attached hydrogen (secondary N) is 1. The van der Waals surface area contributed by atoms with Crippen molar-refractivity contribution in [3.05, 3.63) is 84.7 Å². The lowest BCUT2D eigenvalue weighted by atomic mass is 9.68. The van der Waals surface area contributed by atoms with Gasteiger partial charge in [-0.2, -0.15) is 0 Å². The second-order valence-corrected chi connectivity index (χ2v) is 5.66. The Morgan fingerprint density at radius 2 is 1.68 bits per heavy atom. The molecule has 2 aromatic carbocycles. The molecule has 1 N–H and O–H groups in total. The van der Waals surface area contributed by atoms with Crippen LogP contribution in [0.5, 0.6) is 5.75 Å². The molecule has 25 heavy (non-hydrogen) atoms. The minimum absolute atomic E-state index is 0.176. The van der Waals surface area contributed by atoms with Gasteiger partial charge in [0.1, 0.15) is 11.4 Å². The Morgan fingerprint density at radius 1 is 0.920 bits per heavy atom. The van der Waals surface area contributed by atoms with Crippen LogP contribution in [0.15, 0.2) is 83.9 Å². The first-order valence-electron chi connectivity index (χ1n) is 8.09. The molecular formula is C19H17BN4O. The van der Waals surface area contributed by atoms with Gasteiger partial charge in [0.25, 0.3) is 0 Å². The number of para-hydroxylation sites is 1. The van der Waals surface area contributed by atoms with Crippen molar-refractivity contribution < 1.29 is 4.74 Å². The van der Waals surface area contributed by atoms with Crippen molar-refractivity contribution in [1.29, 1.82) is 0 Å². The van der Waals surface area contributed by atoms with Crippen LogP contribution in [0.3, 0.4) is 0 Å². The molecule has 4 rings (SSSR count). The third kappa shape index (κ3) is 3.06. The number of hydrazine groups is 1. The number of benzene rings is 2. The molecular weight excluding hydrogens is 311 g/mol. The summed E-state index contributed by atoms with van der Waals surface area (Å²) in [6.45, 7) is -0.176. The smallest absolute Gasteiger partial charge is 0.451 e. The van der Waals surface area contributed by atoms with E-state index in [4.69, 9.17) is 9.64 Å². The highest BCUT2D eigenvalue weighted by atomic mass is 16.5. The quantitative estimate of drug-likeness (QED) is 0.747. The van der Waals surface area contributed by atoms with E-state index in [0.717, 1.165) is 28.4 Å². The van der Waals surface area contributed by atoms with E-state index in [-0.39, 0.29) is 6.98 Å². The molecule has 0 saturated carbocycles. The van der Waals surface area contributed by atoms with E-state index in [1.54, 1.807) is 13.3 Å². The summed E-state index contributed by atoms with van der Waals surface area (Å²) >= 11 is 0. The molecule has 0 fully saturated rings. The monoisotopic (exact) mass is 328 g/mol. The molecule has 6 heteroatoms. The first-order chi connectivity index (χ1) is 12.3. The van der Waals surface area contributed by atoms with E-state index >= 15 is 0 Å². The van der Waals surface area contributed by atoms with E-state index in [9.17, 15) is 0 Å². The van der Waals surface area contributed by atoms with Crippen LogP contribution in [0.2, 0.25) is 0 Å². The first kappa shape index (κ1) is 15.3. The highest BCUT2D eigenvalue weighted by molar-refractivity contribution is 6.77. The maximum absolute atomic E-state index is 5.26. The fraction of sp³-hybridized carbons (Fsp3) is 0.0526.